The van der Waals surface area contributed by atoms with Gasteiger partial charge >= 0.3 is 0 Å². The zero-order valence-electron chi connectivity index (χ0n) is 10.6. The zero-order valence-corrected chi connectivity index (χ0v) is 12.3. The van der Waals surface area contributed by atoms with Gasteiger partial charge in [-0.25, -0.2) is 0 Å². The summed E-state index contributed by atoms with van der Waals surface area (Å²) in [7, 11) is 3.39. The summed E-state index contributed by atoms with van der Waals surface area (Å²) in [6, 6.07) is 0. The molecule has 1 heterocycles. The van der Waals surface area contributed by atoms with Crippen molar-refractivity contribution in [3.05, 3.63) is 0 Å². The monoisotopic (exact) mass is 275 g/mol. The lowest BCUT2D eigenvalue weighted by Gasteiger charge is -2.14. The molecule has 0 aliphatic heterocycles. The second-order valence-electron chi connectivity index (χ2n) is 4.17. The quantitative estimate of drug-likeness (QED) is 0.791. The first kappa shape index (κ1) is 14.2. The number of thioether (sulfide) groups is 1. The Hall–Kier alpha value is -0.820. The number of carbonyl (C=O) groups is 1. The van der Waals surface area contributed by atoms with Gasteiger partial charge in [0.25, 0.3) is 10.4 Å². The number of nitrogens with zero attached hydrogens (tertiary/aromatic N) is 3. The fraction of sp³-hybridized carbons (Fsp3) is 0.700. The van der Waals surface area contributed by atoms with Crippen molar-refractivity contribution in [1.82, 2.24) is 14.3 Å². The second-order valence-corrected chi connectivity index (χ2v) is 5.81. The average Bonchev–Trinajstić information content (AvgIpc) is 2.65. The van der Waals surface area contributed by atoms with Gasteiger partial charge in [0.05, 0.1) is 0 Å². The van der Waals surface area contributed by atoms with Gasteiger partial charge in [-0.3, -0.25) is 4.79 Å². The second kappa shape index (κ2) is 6.20. The maximum Gasteiger partial charge on any atom is 0.294 e. The van der Waals surface area contributed by atoms with E-state index in [9.17, 15) is 4.79 Å². The van der Waals surface area contributed by atoms with Gasteiger partial charge in [0.1, 0.15) is 6.10 Å². The summed E-state index contributed by atoms with van der Waals surface area (Å²) in [6.07, 6.45) is 0.0883. The van der Waals surface area contributed by atoms with Crippen molar-refractivity contribution in [3.63, 3.8) is 0 Å². The van der Waals surface area contributed by atoms with E-state index in [0.29, 0.717) is 16.3 Å². The largest absolute Gasteiger partial charge is 0.466 e. The van der Waals surface area contributed by atoms with Crippen molar-refractivity contribution in [2.45, 2.75) is 32.0 Å². The molecular weight excluding hydrogens is 258 g/mol. The van der Waals surface area contributed by atoms with Crippen LogP contribution in [0, 0.1) is 5.92 Å². The molecule has 1 atom stereocenters. The summed E-state index contributed by atoms with van der Waals surface area (Å²) in [5, 5.41) is 0.867. The van der Waals surface area contributed by atoms with Crippen molar-refractivity contribution in [3.8, 4) is 5.19 Å². The van der Waals surface area contributed by atoms with E-state index >= 15 is 0 Å². The number of carbonyl (C=O) groups excluding carboxylic acids is 1. The van der Waals surface area contributed by atoms with Crippen LogP contribution in [0.5, 0.6) is 5.19 Å². The van der Waals surface area contributed by atoms with Gasteiger partial charge in [-0.05, 0) is 12.8 Å². The topological polar surface area (TPSA) is 55.3 Å². The van der Waals surface area contributed by atoms with E-state index in [-0.39, 0.29) is 11.3 Å². The number of ether oxygens (including phenoxy) is 1. The highest BCUT2D eigenvalue weighted by atomic mass is 32.2. The number of hydrogen-bond donors (Lipinski definition) is 0. The van der Waals surface area contributed by atoms with Crippen LogP contribution in [-0.2, 0) is 0 Å². The molecule has 0 bridgehead atoms. The maximum atomic E-state index is 11.4. The van der Waals surface area contributed by atoms with Crippen molar-refractivity contribution in [2.75, 3.05) is 14.1 Å². The molecule has 96 valence electrons. The third-order valence-corrected chi connectivity index (χ3v) is 3.79. The van der Waals surface area contributed by atoms with Crippen LogP contribution in [0.15, 0.2) is 5.16 Å². The Balaban J connectivity index is 2.56. The fourth-order valence-electron chi connectivity index (χ4n) is 0.751. The van der Waals surface area contributed by atoms with Gasteiger partial charge in [0, 0.05) is 37.4 Å². The first-order valence-electron chi connectivity index (χ1n) is 5.29. The van der Waals surface area contributed by atoms with Crippen LogP contribution < -0.4 is 4.74 Å². The summed E-state index contributed by atoms with van der Waals surface area (Å²) in [6.45, 7) is 6.15. The molecule has 17 heavy (non-hydrogen) atoms. The van der Waals surface area contributed by atoms with Gasteiger partial charge in [-0.15, -0.1) is 0 Å². The summed E-state index contributed by atoms with van der Waals surface area (Å²) in [5.74, 6) is 0.415. The fourth-order valence-corrected chi connectivity index (χ4v) is 2.06. The summed E-state index contributed by atoms with van der Waals surface area (Å²) in [4.78, 5) is 17.1. The summed E-state index contributed by atoms with van der Waals surface area (Å²) >= 11 is 2.18. The highest BCUT2D eigenvalue weighted by Gasteiger charge is 2.15. The van der Waals surface area contributed by atoms with Gasteiger partial charge < -0.3 is 9.64 Å². The molecule has 0 fully saturated rings. The van der Waals surface area contributed by atoms with E-state index in [4.69, 9.17) is 4.74 Å². The highest BCUT2D eigenvalue weighted by Crippen LogP contribution is 2.24. The van der Waals surface area contributed by atoms with Gasteiger partial charge in [-0.2, -0.15) is 9.36 Å². The maximum absolute atomic E-state index is 11.4. The minimum absolute atomic E-state index is 0.0883. The van der Waals surface area contributed by atoms with Crippen molar-refractivity contribution in [2.24, 2.45) is 5.92 Å². The SMILES string of the molecule is CC(C)C(C)Oc1nc(SC(=O)N(C)C)ns1. The van der Waals surface area contributed by atoms with E-state index in [1.807, 2.05) is 6.92 Å². The van der Waals surface area contributed by atoms with Crippen LogP contribution in [0.1, 0.15) is 20.8 Å². The molecule has 1 rings (SSSR count). The third-order valence-electron chi connectivity index (χ3n) is 2.16. The van der Waals surface area contributed by atoms with E-state index < -0.39 is 0 Å². The van der Waals surface area contributed by atoms with E-state index in [0.717, 1.165) is 11.8 Å². The molecule has 0 N–H and O–H groups in total. The number of amides is 1. The van der Waals surface area contributed by atoms with Crippen LogP contribution in [0.3, 0.4) is 0 Å². The predicted molar refractivity (Wildman–Crippen MR) is 69.8 cm³/mol. The van der Waals surface area contributed by atoms with Gasteiger partial charge in [0.2, 0.25) is 5.16 Å². The number of hydrogen-bond acceptors (Lipinski definition) is 6. The Morgan fingerprint density at radius 2 is 2.06 bits per heavy atom. The smallest absolute Gasteiger partial charge is 0.294 e. The molecule has 7 heteroatoms. The highest BCUT2D eigenvalue weighted by molar-refractivity contribution is 8.13. The van der Waals surface area contributed by atoms with Gasteiger partial charge in [-0.1, -0.05) is 13.8 Å². The van der Waals surface area contributed by atoms with Crippen molar-refractivity contribution in [1.29, 1.82) is 0 Å². The molecule has 1 unspecified atom stereocenters. The molecule has 0 aliphatic rings. The standard InChI is InChI=1S/C10H17N3O2S2/c1-6(2)7(3)15-9-11-8(12-17-9)16-10(14)13(4)5/h6-7H,1-5H3. The molecule has 0 radical (unpaired) electrons. The average molecular weight is 275 g/mol. The Kier molecular flexibility index (Phi) is 5.20. The predicted octanol–water partition coefficient (Wildman–Crippen LogP) is 2.74. The molecule has 0 aromatic carbocycles. The van der Waals surface area contributed by atoms with E-state index in [1.54, 1.807) is 14.1 Å². The molecule has 0 aliphatic carbocycles. The summed E-state index contributed by atoms with van der Waals surface area (Å²) < 4.78 is 9.68. The Morgan fingerprint density at radius 1 is 1.41 bits per heavy atom. The summed E-state index contributed by atoms with van der Waals surface area (Å²) in [5.41, 5.74) is 0. The minimum Gasteiger partial charge on any atom is -0.466 e. The van der Waals surface area contributed by atoms with Crippen LogP contribution in [0.4, 0.5) is 4.79 Å². The lowest BCUT2D eigenvalue weighted by atomic mass is 10.1. The van der Waals surface area contributed by atoms with Crippen molar-refractivity contribution >= 4 is 28.5 Å². The Bertz CT molecular complexity index is 379. The minimum atomic E-state index is -0.0914. The van der Waals surface area contributed by atoms with Crippen LogP contribution in [-0.4, -0.2) is 39.7 Å². The molecule has 0 saturated carbocycles. The van der Waals surface area contributed by atoms with E-state index in [1.165, 1.54) is 16.4 Å². The first-order chi connectivity index (χ1) is 7.90. The molecule has 1 amide bonds. The lowest BCUT2D eigenvalue weighted by Crippen LogP contribution is -2.18. The molecule has 1 aromatic rings. The number of rotatable bonds is 4. The zero-order chi connectivity index (χ0) is 13.0. The molecule has 5 nitrogen and oxygen atoms in total. The van der Waals surface area contributed by atoms with Crippen LogP contribution >= 0.6 is 23.3 Å². The Morgan fingerprint density at radius 3 is 2.59 bits per heavy atom. The molecule has 1 aromatic heterocycles. The molecule has 0 saturated heterocycles. The third kappa shape index (κ3) is 4.51. The molecule has 0 spiro atoms. The van der Waals surface area contributed by atoms with E-state index in [2.05, 4.69) is 23.2 Å². The number of aromatic nitrogens is 2. The normalized spacial score (nSPS) is 12.6. The lowest BCUT2D eigenvalue weighted by molar-refractivity contribution is 0.169. The van der Waals surface area contributed by atoms with Crippen LogP contribution in [0.2, 0.25) is 0 Å². The molecular formula is C10H17N3O2S2. The van der Waals surface area contributed by atoms with Crippen molar-refractivity contribution < 1.29 is 9.53 Å². The first-order valence-corrected chi connectivity index (χ1v) is 6.88. The van der Waals surface area contributed by atoms with Crippen LogP contribution in [0.25, 0.3) is 0 Å². The van der Waals surface area contributed by atoms with Gasteiger partial charge in [0.15, 0.2) is 0 Å². The Labute approximate surface area is 110 Å².